The molecule has 0 saturated carbocycles. The van der Waals surface area contributed by atoms with Crippen molar-refractivity contribution in [2.75, 3.05) is 7.11 Å². The number of carbonyl (C=O) groups excluding carboxylic acids is 2. The Bertz CT molecular complexity index is 773. The number of methoxy groups -OCH3 is 1. The van der Waals surface area contributed by atoms with Crippen molar-refractivity contribution >= 4 is 22.8 Å². The second-order valence-electron chi connectivity index (χ2n) is 5.45. The summed E-state index contributed by atoms with van der Waals surface area (Å²) in [5.74, 6) is -0.956. The number of hydrogen-bond acceptors (Lipinski definition) is 4. The normalized spacial score (nSPS) is 13.1. The summed E-state index contributed by atoms with van der Waals surface area (Å²) in [6.45, 7) is 3.20. The van der Waals surface area contributed by atoms with Gasteiger partial charge in [0, 0.05) is 30.4 Å². The molecule has 0 aliphatic carbocycles. The summed E-state index contributed by atoms with van der Waals surface area (Å²) in [4.78, 5) is 26.2. The summed E-state index contributed by atoms with van der Waals surface area (Å²) in [5.41, 5.74) is 2.73. The van der Waals surface area contributed by atoms with Gasteiger partial charge in [0.15, 0.2) is 0 Å². The SMILES string of the molecule is COC(=O)C(Cc1c[nH]c2cc(C(C)C#N)ccc12)NC(C)=O. The number of aromatic nitrogens is 1. The summed E-state index contributed by atoms with van der Waals surface area (Å²) < 4.78 is 4.74. The van der Waals surface area contributed by atoms with E-state index in [1.165, 1.54) is 14.0 Å². The van der Waals surface area contributed by atoms with Crippen LogP contribution in [0.2, 0.25) is 0 Å². The zero-order valence-electron chi connectivity index (χ0n) is 13.3. The number of H-pyrrole nitrogens is 1. The minimum Gasteiger partial charge on any atom is -0.467 e. The minimum atomic E-state index is -0.728. The molecular formula is C17H19N3O3. The fourth-order valence-electron chi connectivity index (χ4n) is 2.52. The number of rotatable bonds is 5. The van der Waals surface area contributed by atoms with Crippen molar-refractivity contribution in [1.29, 1.82) is 5.26 Å². The molecule has 1 amide bonds. The van der Waals surface area contributed by atoms with Crippen LogP contribution in [0.15, 0.2) is 24.4 Å². The summed E-state index contributed by atoms with van der Waals surface area (Å²) >= 11 is 0. The Kier molecular flexibility index (Phi) is 5.02. The molecule has 120 valence electrons. The molecule has 0 fully saturated rings. The molecular weight excluding hydrogens is 294 g/mol. The number of esters is 1. The first-order valence-corrected chi connectivity index (χ1v) is 7.30. The van der Waals surface area contributed by atoms with E-state index in [1.807, 2.05) is 31.3 Å². The molecule has 2 unspecified atom stereocenters. The minimum absolute atomic E-state index is 0.187. The van der Waals surface area contributed by atoms with Crippen LogP contribution in [0.1, 0.15) is 30.9 Å². The van der Waals surface area contributed by atoms with E-state index in [-0.39, 0.29) is 11.8 Å². The lowest BCUT2D eigenvalue weighted by Gasteiger charge is -2.15. The van der Waals surface area contributed by atoms with Crippen molar-refractivity contribution in [3.05, 3.63) is 35.5 Å². The highest BCUT2D eigenvalue weighted by Gasteiger charge is 2.22. The predicted molar refractivity (Wildman–Crippen MR) is 85.7 cm³/mol. The lowest BCUT2D eigenvalue weighted by atomic mass is 9.99. The zero-order valence-corrected chi connectivity index (χ0v) is 13.3. The maximum atomic E-state index is 11.8. The van der Waals surface area contributed by atoms with E-state index in [4.69, 9.17) is 10.00 Å². The number of hydrogen-bond donors (Lipinski definition) is 2. The van der Waals surface area contributed by atoms with Crippen LogP contribution >= 0.6 is 0 Å². The Morgan fingerprint density at radius 3 is 2.78 bits per heavy atom. The van der Waals surface area contributed by atoms with Gasteiger partial charge < -0.3 is 15.0 Å². The van der Waals surface area contributed by atoms with E-state index in [1.54, 1.807) is 0 Å². The standard InChI is InChI=1S/C17H19N3O3/c1-10(8-18)12-4-5-14-13(9-19-15(14)6-12)7-16(17(22)23-3)20-11(2)21/h4-6,9-10,16,19H,7H2,1-3H3,(H,20,21). The van der Waals surface area contributed by atoms with Crippen molar-refractivity contribution in [1.82, 2.24) is 10.3 Å². The van der Waals surface area contributed by atoms with Gasteiger partial charge in [-0.25, -0.2) is 4.79 Å². The van der Waals surface area contributed by atoms with Crippen LogP contribution in [-0.4, -0.2) is 30.0 Å². The third-order valence-electron chi connectivity index (χ3n) is 3.77. The van der Waals surface area contributed by atoms with Gasteiger partial charge in [-0.1, -0.05) is 12.1 Å². The molecule has 0 aliphatic heterocycles. The third kappa shape index (κ3) is 3.69. The number of ether oxygens (including phenoxy) is 1. The fraction of sp³-hybridized carbons (Fsp3) is 0.353. The highest BCUT2D eigenvalue weighted by molar-refractivity contribution is 5.87. The second-order valence-corrected chi connectivity index (χ2v) is 5.45. The quantitative estimate of drug-likeness (QED) is 0.826. The average molecular weight is 313 g/mol. The van der Waals surface area contributed by atoms with Crippen molar-refractivity contribution in [2.45, 2.75) is 32.2 Å². The molecule has 0 radical (unpaired) electrons. The molecule has 1 aromatic carbocycles. The predicted octanol–water partition coefficient (Wildman–Crippen LogP) is 2.02. The molecule has 0 spiro atoms. The largest absolute Gasteiger partial charge is 0.467 e. The van der Waals surface area contributed by atoms with Crippen LogP contribution in [-0.2, 0) is 20.7 Å². The van der Waals surface area contributed by atoms with Crippen LogP contribution in [0.25, 0.3) is 10.9 Å². The van der Waals surface area contributed by atoms with Gasteiger partial charge in [0.05, 0.1) is 19.1 Å². The number of nitriles is 1. The first kappa shape index (κ1) is 16.6. The fourth-order valence-corrected chi connectivity index (χ4v) is 2.52. The Morgan fingerprint density at radius 2 is 2.17 bits per heavy atom. The van der Waals surface area contributed by atoms with E-state index in [9.17, 15) is 9.59 Å². The highest BCUT2D eigenvalue weighted by Crippen LogP contribution is 2.24. The zero-order chi connectivity index (χ0) is 17.0. The number of nitrogens with zero attached hydrogens (tertiary/aromatic N) is 1. The molecule has 2 aromatic rings. The van der Waals surface area contributed by atoms with Crippen LogP contribution < -0.4 is 5.32 Å². The maximum Gasteiger partial charge on any atom is 0.328 e. The van der Waals surface area contributed by atoms with Crippen molar-refractivity contribution in [3.8, 4) is 6.07 Å². The Hall–Kier alpha value is -2.81. The topological polar surface area (TPSA) is 95.0 Å². The number of benzene rings is 1. The number of aromatic amines is 1. The molecule has 2 rings (SSSR count). The van der Waals surface area contributed by atoms with E-state index in [0.717, 1.165) is 22.0 Å². The molecule has 2 atom stereocenters. The molecule has 1 aromatic heterocycles. The molecule has 0 aliphatic rings. The Labute approximate surface area is 134 Å². The third-order valence-corrected chi connectivity index (χ3v) is 3.77. The number of fused-ring (bicyclic) bond motifs is 1. The summed E-state index contributed by atoms with van der Waals surface area (Å²) in [6.07, 6.45) is 2.14. The van der Waals surface area contributed by atoms with E-state index in [2.05, 4.69) is 16.4 Å². The van der Waals surface area contributed by atoms with Gasteiger partial charge in [0.1, 0.15) is 6.04 Å². The van der Waals surface area contributed by atoms with E-state index in [0.29, 0.717) is 6.42 Å². The van der Waals surface area contributed by atoms with Gasteiger partial charge >= 0.3 is 5.97 Å². The first-order valence-electron chi connectivity index (χ1n) is 7.30. The van der Waals surface area contributed by atoms with Crippen molar-refractivity contribution in [3.63, 3.8) is 0 Å². The van der Waals surface area contributed by atoms with Gasteiger partial charge in [-0.2, -0.15) is 5.26 Å². The Morgan fingerprint density at radius 1 is 1.43 bits per heavy atom. The molecule has 0 bridgehead atoms. The van der Waals surface area contributed by atoms with Crippen LogP contribution in [0.5, 0.6) is 0 Å². The summed E-state index contributed by atoms with van der Waals surface area (Å²) in [6, 6.07) is 7.23. The first-order chi connectivity index (χ1) is 11.0. The maximum absolute atomic E-state index is 11.8. The summed E-state index contributed by atoms with van der Waals surface area (Å²) in [5, 5.41) is 12.6. The number of nitrogens with one attached hydrogen (secondary N) is 2. The summed E-state index contributed by atoms with van der Waals surface area (Å²) in [7, 11) is 1.29. The lowest BCUT2D eigenvalue weighted by molar-refractivity contribution is -0.144. The lowest BCUT2D eigenvalue weighted by Crippen LogP contribution is -2.41. The monoisotopic (exact) mass is 313 g/mol. The molecule has 6 nitrogen and oxygen atoms in total. The van der Waals surface area contributed by atoms with Gasteiger partial charge in [-0.15, -0.1) is 0 Å². The van der Waals surface area contributed by atoms with E-state index >= 15 is 0 Å². The van der Waals surface area contributed by atoms with Crippen LogP contribution in [0, 0.1) is 11.3 Å². The number of amides is 1. The average Bonchev–Trinajstić information content (AvgIpc) is 2.94. The van der Waals surface area contributed by atoms with Crippen molar-refractivity contribution in [2.24, 2.45) is 0 Å². The van der Waals surface area contributed by atoms with E-state index < -0.39 is 12.0 Å². The molecule has 0 saturated heterocycles. The van der Waals surface area contributed by atoms with Crippen LogP contribution in [0.3, 0.4) is 0 Å². The molecule has 2 N–H and O–H groups in total. The Balaban J connectivity index is 2.31. The molecule has 1 heterocycles. The van der Waals surface area contributed by atoms with Crippen LogP contribution in [0.4, 0.5) is 0 Å². The van der Waals surface area contributed by atoms with Gasteiger partial charge in [0.2, 0.25) is 5.91 Å². The van der Waals surface area contributed by atoms with Gasteiger partial charge in [0.25, 0.3) is 0 Å². The highest BCUT2D eigenvalue weighted by atomic mass is 16.5. The molecule has 23 heavy (non-hydrogen) atoms. The van der Waals surface area contributed by atoms with Crippen molar-refractivity contribution < 1.29 is 14.3 Å². The van der Waals surface area contributed by atoms with Gasteiger partial charge in [-0.3, -0.25) is 4.79 Å². The smallest absolute Gasteiger partial charge is 0.328 e. The molecule has 6 heteroatoms. The van der Waals surface area contributed by atoms with Gasteiger partial charge in [-0.05, 0) is 24.1 Å². The second kappa shape index (κ2) is 6.97. The number of carbonyl (C=O) groups is 2.